The normalized spacial score (nSPS) is 16.5. The number of phenolic OH excluding ortho intramolecular Hbond substituents is 1. The zero-order chi connectivity index (χ0) is 12.8. The lowest BCUT2D eigenvalue weighted by molar-refractivity contribution is 0.358. The lowest BCUT2D eigenvalue weighted by Crippen LogP contribution is -2.12. The van der Waals surface area contributed by atoms with Crippen LogP contribution < -0.4 is 0 Å². The van der Waals surface area contributed by atoms with Crippen LogP contribution in [0.15, 0.2) is 24.3 Å². The van der Waals surface area contributed by atoms with Crippen molar-refractivity contribution in [3.8, 4) is 5.75 Å². The fraction of sp³-hybridized carbons (Fsp3) is 0.625. The number of phenols is 1. The average Bonchev–Trinajstić information content (AvgIpc) is 2.36. The standard InChI is InChI=1S/C16H26O/c1-5-12(3)11-16(13(4)6-2)14-7-9-15(17)10-8-14/h7-10,12-13,16-17H,5-6,11H2,1-4H3. The van der Waals surface area contributed by atoms with Crippen molar-refractivity contribution in [3.05, 3.63) is 29.8 Å². The highest BCUT2D eigenvalue weighted by atomic mass is 16.3. The van der Waals surface area contributed by atoms with Crippen LogP contribution in [0.5, 0.6) is 5.75 Å². The van der Waals surface area contributed by atoms with Gasteiger partial charge in [-0.05, 0) is 41.9 Å². The van der Waals surface area contributed by atoms with E-state index in [9.17, 15) is 5.11 Å². The molecule has 0 heterocycles. The van der Waals surface area contributed by atoms with E-state index in [1.807, 2.05) is 0 Å². The van der Waals surface area contributed by atoms with Crippen molar-refractivity contribution in [1.82, 2.24) is 0 Å². The molecule has 0 saturated carbocycles. The summed E-state index contributed by atoms with van der Waals surface area (Å²) >= 11 is 0. The highest BCUT2D eigenvalue weighted by Crippen LogP contribution is 2.34. The monoisotopic (exact) mass is 234 g/mol. The molecule has 0 aliphatic rings. The Bertz CT molecular complexity index is 315. The third-order valence-corrected chi connectivity index (χ3v) is 4.01. The van der Waals surface area contributed by atoms with Crippen molar-refractivity contribution in [2.45, 2.75) is 52.9 Å². The molecular weight excluding hydrogens is 208 g/mol. The third-order valence-electron chi connectivity index (χ3n) is 4.01. The molecular formula is C16H26O. The van der Waals surface area contributed by atoms with Gasteiger partial charge in [-0.15, -0.1) is 0 Å². The maximum absolute atomic E-state index is 9.36. The molecule has 3 atom stereocenters. The molecule has 0 spiro atoms. The van der Waals surface area contributed by atoms with Crippen molar-refractivity contribution < 1.29 is 5.11 Å². The van der Waals surface area contributed by atoms with Crippen LogP contribution in [0.3, 0.4) is 0 Å². The summed E-state index contributed by atoms with van der Waals surface area (Å²) in [4.78, 5) is 0. The van der Waals surface area contributed by atoms with Gasteiger partial charge < -0.3 is 5.11 Å². The molecule has 1 N–H and O–H groups in total. The van der Waals surface area contributed by atoms with Crippen LogP contribution in [0.1, 0.15) is 58.4 Å². The quantitative estimate of drug-likeness (QED) is 0.737. The molecule has 1 heteroatoms. The Labute approximate surface area is 106 Å². The summed E-state index contributed by atoms with van der Waals surface area (Å²) in [7, 11) is 0. The minimum atomic E-state index is 0.361. The van der Waals surface area contributed by atoms with Gasteiger partial charge in [0.1, 0.15) is 5.75 Å². The lowest BCUT2D eigenvalue weighted by atomic mass is 9.79. The predicted molar refractivity (Wildman–Crippen MR) is 74.4 cm³/mol. The molecule has 0 aliphatic carbocycles. The maximum atomic E-state index is 9.36. The molecule has 1 nitrogen and oxygen atoms in total. The lowest BCUT2D eigenvalue weighted by Gasteiger charge is -2.26. The summed E-state index contributed by atoms with van der Waals surface area (Å²) in [6, 6.07) is 7.77. The van der Waals surface area contributed by atoms with E-state index in [2.05, 4.69) is 39.8 Å². The van der Waals surface area contributed by atoms with Crippen LogP contribution >= 0.6 is 0 Å². The molecule has 0 aliphatic heterocycles. The largest absolute Gasteiger partial charge is 0.508 e. The van der Waals surface area contributed by atoms with Crippen LogP contribution in [0.4, 0.5) is 0 Å². The summed E-state index contributed by atoms with van der Waals surface area (Å²) in [5.74, 6) is 2.45. The van der Waals surface area contributed by atoms with E-state index >= 15 is 0 Å². The summed E-state index contributed by atoms with van der Waals surface area (Å²) in [5, 5.41) is 9.36. The van der Waals surface area contributed by atoms with Gasteiger partial charge in [0.25, 0.3) is 0 Å². The molecule has 3 unspecified atom stereocenters. The van der Waals surface area contributed by atoms with Gasteiger partial charge in [0.2, 0.25) is 0 Å². The van der Waals surface area contributed by atoms with E-state index in [-0.39, 0.29) is 0 Å². The number of hydrogen-bond donors (Lipinski definition) is 1. The Kier molecular flexibility index (Phi) is 5.54. The first-order valence-electron chi connectivity index (χ1n) is 6.87. The summed E-state index contributed by atoms with van der Waals surface area (Å²) < 4.78 is 0. The Morgan fingerprint density at radius 3 is 2.06 bits per heavy atom. The average molecular weight is 234 g/mol. The fourth-order valence-electron chi connectivity index (χ4n) is 2.30. The van der Waals surface area contributed by atoms with Gasteiger partial charge in [0.05, 0.1) is 0 Å². The number of hydrogen-bond acceptors (Lipinski definition) is 1. The van der Waals surface area contributed by atoms with Gasteiger partial charge >= 0.3 is 0 Å². The Morgan fingerprint density at radius 2 is 1.59 bits per heavy atom. The van der Waals surface area contributed by atoms with Gasteiger partial charge in [-0.3, -0.25) is 0 Å². The Hall–Kier alpha value is -0.980. The van der Waals surface area contributed by atoms with Gasteiger partial charge in [-0.2, -0.15) is 0 Å². The van der Waals surface area contributed by atoms with Gasteiger partial charge in [0, 0.05) is 0 Å². The van der Waals surface area contributed by atoms with E-state index in [0.717, 1.165) is 5.92 Å². The molecule has 1 rings (SSSR count). The first-order valence-corrected chi connectivity index (χ1v) is 6.87. The van der Waals surface area contributed by atoms with Crippen LogP contribution in [0.2, 0.25) is 0 Å². The van der Waals surface area contributed by atoms with E-state index in [4.69, 9.17) is 0 Å². The second-order valence-electron chi connectivity index (χ2n) is 5.33. The van der Waals surface area contributed by atoms with E-state index in [0.29, 0.717) is 17.6 Å². The molecule has 96 valence electrons. The van der Waals surface area contributed by atoms with Crippen LogP contribution in [0.25, 0.3) is 0 Å². The highest BCUT2D eigenvalue weighted by Gasteiger charge is 2.20. The van der Waals surface area contributed by atoms with Crippen molar-refractivity contribution in [3.63, 3.8) is 0 Å². The first kappa shape index (κ1) is 14.1. The van der Waals surface area contributed by atoms with Crippen molar-refractivity contribution in [2.24, 2.45) is 11.8 Å². The molecule has 0 bridgehead atoms. The van der Waals surface area contributed by atoms with Crippen molar-refractivity contribution in [1.29, 1.82) is 0 Å². The second-order valence-corrected chi connectivity index (χ2v) is 5.33. The summed E-state index contributed by atoms with van der Waals surface area (Å²) in [5.41, 5.74) is 1.37. The van der Waals surface area contributed by atoms with Gasteiger partial charge in [-0.1, -0.05) is 52.7 Å². The Balaban J connectivity index is 2.85. The Morgan fingerprint density at radius 1 is 1.00 bits per heavy atom. The molecule has 1 aromatic carbocycles. The van der Waals surface area contributed by atoms with Crippen molar-refractivity contribution >= 4 is 0 Å². The smallest absolute Gasteiger partial charge is 0.115 e. The number of benzene rings is 1. The third kappa shape index (κ3) is 4.07. The zero-order valence-corrected chi connectivity index (χ0v) is 11.6. The molecule has 0 saturated heterocycles. The van der Waals surface area contributed by atoms with Crippen LogP contribution in [-0.4, -0.2) is 5.11 Å². The van der Waals surface area contributed by atoms with E-state index in [1.165, 1.54) is 24.8 Å². The molecule has 0 amide bonds. The predicted octanol–water partition coefficient (Wildman–Crippen LogP) is 4.96. The van der Waals surface area contributed by atoms with Crippen LogP contribution in [0, 0.1) is 11.8 Å². The highest BCUT2D eigenvalue weighted by molar-refractivity contribution is 5.28. The number of rotatable bonds is 6. The fourth-order valence-corrected chi connectivity index (χ4v) is 2.30. The molecule has 0 fully saturated rings. The SMILES string of the molecule is CCC(C)CC(c1ccc(O)cc1)C(C)CC. The molecule has 17 heavy (non-hydrogen) atoms. The minimum absolute atomic E-state index is 0.361. The van der Waals surface area contributed by atoms with Gasteiger partial charge in [0.15, 0.2) is 0 Å². The van der Waals surface area contributed by atoms with E-state index < -0.39 is 0 Å². The molecule has 0 aromatic heterocycles. The summed E-state index contributed by atoms with van der Waals surface area (Å²) in [6.45, 7) is 9.18. The minimum Gasteiger partial charge on any atom is -0.508 e. The summed E-state index contributed by atoms with van der Waals surface area (Å²) in [6.07, 6.45) is 3.70. The van der Waals surface area contributed by atoms with E-state index in [1.54, 1.807) is 12.1 Å². The zero-order valence-electron chi connectivity index (χ0n) is 11.6. The second kappa shape index (κ2) is 6.68. The van der Waals surface area contributed by atoms with Crippen molar-refractivity contribution in [2.75, 3.05) is 0 Å². The molecule has 0 radical (unpaired) electrons. The number of aromatic hydroxyl groups is 1. The van der Waals surface area contributed by atoms with Gasteiger partial charge in [-0.25, -0.2) is 0 Å². The topological polar surface area (TPSA) is 20.2 Å². The van der Waals surface area contributed by atoms with Crippen LogP contribution in [-0.2, 0) is 0 Å². The first-order chi connectivity index (χ1) is 8.08. The molecule has 1 aromatic rings. The maximum Gasteiger partial charge on any atom is 0.115 e.